The number of likely N-dealkylation sites (tertiary alicyclic amines) is 1. The molecule has 0 spiro atoms. The Labute approximate surface area is 142 Å². The zero-order valence-corrected chi connectivity index (χ0v) is 15.7. The summed E-state index contributed by atoms with van der Waals surface area (Å²) < 4.78 is 0. The Bertz CT molecular complexity index is 421. The van der Waals surface area contributed by atoms with E-state index < -0.39 is 0 Å². The van der Waals surface area contributed by atoms with E-state index in [2.05, 4.69) is 44.5 Å². The lowest BCUT2D eigenvalue weighted by Gasteiger charge is -2.39. The molecule has 0 aromatic carbocycles. The summed E-state index contributed by atoms with van der Waals surface area (Å²) in [6.07, 6.45) is 6.58. The largest absolute Gasteiger partial charge is 0.353 e. The Morgan fingerprint density at radius 1 is 1.26 bits per heavy atom. The second-order valence-corrected chi connectivity index (χ2v) is 9.06. The fourth-order valence-corrected chi connectivity index (χ4v) is 4.87. The fraction of sp³-hybridized carbons (Fsp3) is 0.850. The van der Waals surface area contributed by atoms with Crippen molar-refractivity contribution in [3.8, 4) is 0 Å². The maximum absolute atomic E-state index is 12.4. The molecule has 2 fully saturated rings. The van der Waals surface area contributed by atoms with Crippen LogP contribution in [0.25, 0.3) is 0 Å². The molecule has 1 saturated carbocycles. The number of carbonyl (C=O) groups excluding carboxylic acids is 1. The number of carbonyl (C=O) groups is 1. The van der Waals surface area contributed by atoms with Crippen LogP contribution < -0.4 is 5.32 Å². The number of hydrogen-bond acceptors (Lipinski definition) is 2. The standard InChI is InChI=1S/C20H36N2O/c1-15(2)14-22-8-6-18(7-9-22)21-19(23)11-17-10-16(3)12-20(4,5)13-17/h16-18H,1,6-14H2,2-5H3,(H,21,23)/t16-,17-/m0/s1. The third-order valence-corrected chi connectivity index (χ3v) is 5.40. The average molecular weight is 321 g/mol. The quantitative estimate of drug-likeness (QED) is 0.777. The Morgan fingerprint density at radius 2 is 1.91 bits per heavy atom. The van der Waals surface area contributed by atoms with Crippen LogP contribution in [0.4, 0.5) is 0 Å². The molecule has 23 heavy (non-hydrogen) atoms. The summed E-state index contributed by atoms with van der Waals surface area (Å²) in [5.41, 5.74) is 1.62. The molecule has 0 aromatic rings. The molecule has 0 bridgehead atoms. The third kappa shape index (κ3) is 6.29. The number of amides is 1. The van der Waals surface area contributed by atoms with Gasteiger partial charge in [0.25, 0.3) is 0 Å². The Morgan fingerprint density at radius 3 is 2.48 bits per heavy atom. The zero-order chi connectivity index (χ0) is 17.0. The van der Waals surface area contributed by atoms with Crippen molar-refractivity contribution < 1.29 is 4.79 Å². The van der Waals surface area contributed by atoms with Crippen LogP contribution in [0.3, 0.4) is 0 Å². The van der Waals surface area contributed by atoms with Gasteiger partial charge in [0.2, 0.25) is 5.91 Å². The topological polar surface area (TPSA) is 32.3 Å². The van der Waals surface area contributed by atoms with Gasteiger partial charge in [-0.05, 0) is 56.3 Å². The molecule has 1 aliphatic carbocycles. The second kappa shape index (κ2) is 7.83. The summed E-state index contributed by atoms with van der Waals surface area (Å²) in [7, 11) is 0. The molecule has 1 heterocycles. The molecule has 1 aliphatic heterocycles. The summed E-state index contributed by atoms with van der Waals surface area (Å²) in [5.74, 6) is 1.59. The highest BCUT2D eigenvalue weighted by Crippen LogP contribution is 2.42. The lowest BCUT2D eigenvalue weighted by Crippen LogP contribution is -2.45. The van der Waals surface area contributed by atoms with Gasteiger partial charge in [0, 0.05) is 32.1 Å². The average Bonchev–Trinajstić information content (AvgIpc) is 2.37. The van der Waals surface area contributed by atoms with Crippen LogP contribution in [-0.2, 0) is 4.79 Å². The molecule has 3 heteroatoms. The first-order valence-corrected chi connectivity index (χ1v) is 9.39. The highest BCUT2D eigenvalue weighted by molar-refractivity contribution is 5.76. The maximum Gasteiger partial charge on any atom is 0.220 e. The van der Waals surface area contributed by atoms with Crippen molar-refractivity contribution in [1.82, 2.24) is 10.2 Å². The van der Waals surface area contributed by atoms with Crippen LogP contribution in [0, 0.1) is 17.3 Å². The molecular weight excluding hydrogens is 284 g/mol. The normalized spacial score (nSPS) is 29.2. The van der Waals surface area contributed by atoms with Gasteiger partial charge in [0.05, 0.1) is 0 Å². The zero-order valence-electron chi connectivity index (χ0n) is 15.7. The molecular formula is C20H36N2O. The highest BCUT2D eigenvalue weighted by Gasteiger charge is 2.33. The highest BCUT2D eigenvalue weighted by atomic mass is 16.1. The number of rotatable bonds is 5. The van der Waals surface area contributed by atoms with Gasteiger partial charge in [-0.1, -0.05) is 32.9 Å². The summed E-state index contributed by atoms with van der Waals surface area (Å²) >= 11 is 0. The predicted octanol–water partition coefficient (Wildman–Crippen LogP) is 4.00. The van der Waals surface area contributed by atoms with E-state index >= 15 is 0 Å². The Balaban J connectivity index is 1.72. The van der Waals surface area contributed by atoms with E-state index in [9.17, 15) is 4.79 Å². The van der Waals surface area contributed by atoms with Gasteiger partial charge in [-0.3, -0.25) is 9.69 Å². The van der Waals surface area contributed by atoms with Crippen molar-refractivity contribution in [2.45, 2.75) is 72.3 Å². The van der Waals surface area contributed by atoms with Crippen LogP contribution in [0.1, 0.15) is 66.2 Å². The van der Waals surface area contributed by atoms with E-state index in [4.69, 9.17) is 0 Å². The molecule has 0 aromatic heterocycles. The summed E-state index contributed by atoms with van der Waals surface area (Å²) in [5, 5.41) is 3.29. The van der Waals surface area contributed by atoms with Crippen molar-refractivity contribution in [3.63, 3.8) is 0 Å². The van der Waals surface area contributed by atoms with Gasteiger partial charge in [0.1, 0.15) is 0 Å². The molecule has 3 nitrogen and oxygen atoms in total. The number of nitrogens with zero attached hydrogens (tertiary/aromatic N) is 1. The number of hydrogen-bond donors (Lipinski definition) is 1. The van der Waals surface area contributed by atoms with Crippen molar-refractivity contribution in [3.05, 3.63) is 12.2 Å². The van der Waals surface area contributed by atoms with Crippen LogP contribution in [-0.4, -0.2) is 36.5 Å². The van der Waals surface area contributed by atoms with E-state index in [-0.39, 0.29) is 5.91 Å². The SMILES string of the molecule is C=C(C)CN1CCC(NC(=O)C[C@@H]2C[C@H](C)CC(C)(C)C2)CC1. The molecule has 2 aliphatic rings. The van der Waals surface area contributed by atoms with E-state index in [1.807, 2.05) is 0 Å². The van der Waals surface area contributed by atoms with Crippen molar-refractivity contribution >= 4 is 5.91 Å². The fourth-order valence-electron chi connectivity index (χ4n) is 4.87. The molecule has 1 amide bonds. The molecule has 0 unspecified atom stereocenters. The maximum atomic E-state index is 12.4. The molecule has 0 radical (unpaired) electrons. The van der Waals surface area contributed by atoms with Crippen LogP contribution in [0.2, 0.25) is 0 Å². The van der Waals surface area contributed by atoms with Gasteiger partial charge >= 0.3 is 0 Å². The van der Waals surface area contributed by atoms with Crippen molar-refractivity contribution in [2.75, 3.05) is 19.6 Å². The Kier molecular flexibility index (Phi) is 6.30. The van der Waals surface area contributed by atoms with E-state index in [0.29, 0.717) is 17.4 Å². The van der Waals surface area contributed by atoms with Gasteiger partial charge < -0.3 is 5.32 Å². The lowest BCUT2D eigenvalue weighted by atomic mass is 9.67. The first-order valence-electron chi connectivity index (χ1n) is 9.39. The second-order valence-electron chi connectivity index (χ2n) is 9.06. The van der Waals surface area contributed by atoms with Crippen LogP contribution >= 0.6 is 0 Å². The number of piperidine rings is 1. The minimum atomic E-state index is 0.276. The van der Waals surface area contributed by atoms with Crippen molar-refractivity contribution in [2.24, 2.45) is 17.3 Å². The molecule has 1 saturated heterocycles. The first-order chi connectivity index (χ1) is 10.7. The monoisotopic (exact) mass is 320 g/mol. The van der Waals surface area contributed by atoms with Gasteiger partial charge in [-0.15, -0.1) is 0 Å². The first kappa shape index (κ1) is 18.5. The van der Waals surface area contributed by atoms with E-state index in [1.54, 1.807) is 0 Å². The minimum Gasteiger partial charge on any atom is -0.353 e. The van der Waals surface area contributed by atoms with E-state index in [0.717, 1.165) is 44.8 Å². The van der Waals surface area contributed by atoms with Crippen LogP contribution in [0.5, 0.6) is 0 Å². The molecule has 2 atom stereocenters. The van der Waals surface area contributed by atoms with Crippen LogP contribution in [0.15, 0.2) is 12.2 Å². The van der Waals surface area contributed by atoms with E-state index in [1.165, 1.54) is 24.8 Å². The minimum absolute atomic E-state index is 0.276. The smallest absolute Gasteiger partial charge is 0.220 e. The molecule has 1 N–H and O–H groups in total. The molecule has 2 rings (SSSR count). The summed E-state index contributed by atoms with van der Waals surface area (Å²) in [6, 6.07) is 0.373. The summed E-state index contributed by atoms with van der Waals surface area (Å²) in [6.45, 7) is 16.3. The van der Waals surface area contributed by atoms with Gasteiger partial charge in [0.15, 0.2) is 0 Å². The Hall–Kier alpha value is -0.830. The predicted molar refractivity (Wildman–Crippen MR) is 97.3 cm³/mol. The molecule has 132 valence electrons. The summed E-state index contributed by atoms with van der Waals surface area (Å²) in [4.78, 5) is 14.9. The van der Waals surface area contributed by atoms with Gasteiger partial charge in [-0.25, -0.2) is 0 Å². The lowest BCUT2D eigenvalue weighted by molar-refractivity contribution is -0.123. The van der Waals surface area contributed by atoms with Gasteiger partial charge in [-0.2, -0.15) is 0 Å². The number of nitrogens with one attached hydrogen (secondary N) is 1. The van der Waals surface area contributed by atoms with Crippen molar-refractivity contribution in [1.29, 1.82) is 0 Å². The third-order valence-electron chi connectivity index (χ3n) is 5.40.